The molecular formula is C12H14Cl2N2. The fourth-order valence-corrected chi connectivity index (χ4v) is 2.35. The van der Waals surface area contributed by atoms with Gasteiger partial charge < -0.3 is 4.57 Å². The van der Waals surface area contributed by atoms with Crippen LogP contribution in [0.4, 0.5) is 0 Å². The van der Waals surface area contributed by atoms with Crippen molar-refractivity contribution < 1.29 is 0 Å². The van der Waals surface area contributed by atoms with E-state index in [4.69, 9.17) is 23.2 Å². The van der Waals surface area contributed by atoms with Crippen molar-refractivity contribution in [3.8, 4) is 0 Å². The van der Waals surface area contributed by atoms with Gasteiger partial charge in [-0.05, 0) is 25.5 Å². The molecule has 1 aromatic carbocycles. The van der Waals surface area contributed by atoms with E-state index in [1.807, 2.05) is 25.1 Å². The number of fused-ring (bicyclic) bond motifs is 1. The molecule has 86 valence electrons. The fourth-order valence-electron chi connectivity index (χ4n) is 1.91. The van der Waals surface area contributed by atoms with E-state index in [0.717, 1.165) is 34.8 Å². The van der Waals surface area contributed by atoms with E-state index in [1.54, 1.807) is 0 Å². The molecule has 0 unspecified atom stereocenters. The van der Waals surface area contributed by atoms with Gasteiger partial charge in [0.2, 0.25) is 0 Å². The predicted octanol–water partition coefficient (Wildman–Crippen LogP) is 4.40. The van der Waals surface area contributed by atoms with Gasteiger partial charge in [-0.25, -0.2) is 4.98 Å². The lowest BCUT2D eigenvalue weighted by Gasteiger charge is -2.09. The molecule has 0 fully saturated rings. The minimum absolute atomic E-state index is 0.102. The van der Waals surface area contributed by atoms with Crippen molar-refractivity contribution in [2.45, 2.75) is 32.2 Å². The van der Waals surface area contributed by atoms with Gasteiger partial charge in [0, 0.05) is 6.54 Å². The van der Waals surface area contributed by atoms with Crippen LogP contribution in [-0.4, -0.2) is 9.55 Å². The summed E-state index contributed by atoms with van der Waals surface area (Å²) in [5, 5.41) is 0.636. The zero-order valence-corrected chi connectivity index (χ0v) is 10.9. The maximum Gasteiger partial charge on any atom is 0.127 e. The lowest BCUT2D eigenvalue weighted by Crippen LogP contribution is -2.04. The minimum atomic E-state index is -0.102. The molecule has 0 aliphatic heterocycles. The average Bonchev–Trinajstić information content (AvgIpc) is 2.59. The minimum Gasteiger partial charge on any atom is -0.326 e. The first kappa shape index (κ1) is 11.7. The molecule has 0 N–H and O–H groups in total. The van der Waals surface area contributed by atoms with Crippen molar-refractivity contribution in [3.05, 3.63) is 29.0 Å². The van der Waals surface area contributed by atoms with E-state index in [0.29, 0.717) is 0 Å². The van der Waals surface area contributed by atoms with E-state index in [-0.39, 0.29) is 5.38 Å². The van der Waals surface area contributed by atoms with Crippen LogP contribution in [0, 0.1) is 0 Å². The Balaban J connectivity index is 2.72. The maximum atomic E-state index is 6.21. The topological polar surface area (TPSA) is 17.8 Å². The maximum absolute atomic E-state index is 6.21. The van der Waals surface area contributed by atoms with Gasteiger partial charge in [0.15, 0.2) is 0 Å². The molecule has 2 aromatic rings. The summed E-state index contributed by atoms with van der Waals surface area (Å²) in [6.45, 7) is 4.96. The van der Waals surface area contributed by atoms with Gasteiger partial charge in [0.25, 0.3) is 0 Å². The lowest BCUT2D eigenvalue weighted by molar-refractivity contribution is 0.654. The molecule has 4 heteroatoms. The first-order valence-corrected chi connectivity index (χ1v) is 6.25. The highest BCUT2D eigenvalue weighted by Crippen LogP contribution is 2.29. The van der Waals surface area contributed by atoms with Gasteiger partial charge in [-0.3, -0.25) is 0 Å². The number of halogens is 2. The van der Waals surface area contributed by atoms with Crippen LogP contribution in [-0.2, 0) is 6.54 Å². The number of aromatic nitrogens is 2. The summed E-state index contributed by atoms with van der Waals surface area (Å²) < 4.78 is 2.12. The molecule has 0 radical (unpaired) electrons. The first-order valence-electron chi connectivity index (χ1n) is 5.44. The van der Waals surface area contributed by atoms with Crippen LogP contribution < -0.4 is 0 Å². The van der Waals surface area contributed by atoms with Crippen LogP contribution in [0.2, 0.25) is 5.02 Å². The average molecular weight is 257 g/mol. The second kappa shape index (κ2) is 4.64. The molecule has 1 aromatic heterocycles. The number of benzene rings is 1. The van der Waals surface area contributed by atoms with Crippen LogP contribution in [0.15, 0.2) is 18.2 Å². The van der Waals surface area contributed by atoms with E-state index < -0.39 is 0 Å². The number of nitrogens with zero attached hydrogens (tertiary/aromatic N) is 2. The standard InChI is InChI=1S/C12H14Cl2N2/c1-3-7-16-11-9(14)5-4-6-10(11)15-12(16)8(2)13/h4-6,8H,3,7H2,1-2H3/t8-/m1/s1. The van der Waals surface area contributed by atoms with Crippen molar-refractivity contribution in [2.75, 3.05) is 0 Å². The zero-order valence-electron chi connectivity index (χ0n) is 9.37. The Labute approximate surface area is 105 Å². The number of alkyl halides is 1. The van der Waals surface area contributed by atoms with E-state index in [9.17, 15) is 0 Å². The molecule has 2 rings (SSSR count). The van der Waals surface area contributed by atoms with Crippen molar-refractivity contribution in [2.24, 2.45) is 0 Å². The van der Waals surface area contributed by atoms with Gasteiger partial charge in [-0.2, -0.15) is 0 Å². The summed E-state index contributed by atoms with van der Waals surface area (Å²) in [6.07, 6.45) is 1.04. The van der Waals surface area contributed by atoms with Gasteiger partial charge in [-0.15, -0.1) is 11.6 Å². The van der Waals surface area contributed by atoms with Crippen LogP contribution in [0.1, 0.15) is 31.5 Å². The Hall–Kier alpha value is -0.730. The summed E-state index contributed by atoms with van der Waals surface area (Å²) in [5.74, 6) is 0.895. The Kier molecular flexibility index (Phi) is 3.41. The third-order valence-electron chi connectivity index (χ3n) is 2.55. The van der Waals surface area contributed by atoms with Gasteiger partial charge >= 0.3 is 0 Å². The van der Waals surface area contributed by atoms with E-state index in [1.165, 1.54) is 0 Å². The van der Waals surface area contributed by atoms with Crippen LogP contribution in [0.3, 0.4) is 0 Å². The molecule has 0 aliphatic carbocycles. The largest absolute Gasteiger partial charge is 0.326 e. The third kappa shape index (κ3) is 1.92. The number of hydrogen-bond donors (Lipinski definition) is 0. The highest BCUT2D eigenvalue weighted by molar-refractivity contribution is 6.35. The molecule has 2 nitrogen and oxygen atoms in total. The van der Waals surface area contributed by atoms with E-state index >= 15 is 0 Å². The smallest absolute Gasteiger partial charge is 0.127 e. The predicted molar refractivity (Wildman–Crippen MR) is 69.3 cm³/mol. The second-order valence-electron chi connectivity index (χ2n) is 3.85. The second-order valence-corrected chi connectivity index (χ2v) is 4.91. The Morgan fingerprint density at radius 2 is 2.19 bits per heavy atom. The monoisotopic (exact) mass is 256 g/mol. The number of aryl methyl sites for hydroxylation is 1. The number of rotatable bonds is 3. The van der Waals surface area contributed by atoms with E-state index in [2.05, 4.69) is 16.5 Å². The van der Waals surface area contributed by atoms with Crippen molar-refractivity contribution in [1.82, 2.24) is 9.55 Å². The molecule has 0 spiro atoms. The van der Waals surface area contributed by atoms with Crippen LogP contribution in [0.5, 0.6) is 0 Å². The summed E-state index contributed by atoms with van der Waals surface area (Å²) in [4.78, 5) is 4.54. The summed E-state index contributed by atoms with van der Waals surface area (Å²) >= 11 is 12.4. The Morgan fingerprint density at radius 3 is 2.81 bits per heavy atom. The summed E-state index contributed by atoms with van der Waals surface area (Å²) in [5.41, 5.74) is 1.91. The SMILES string of the molecule is CCCn1c([C@@H](C)Cl)nc2cccc(Cl)c21. The van der Waals surface area contributed by atoms with Gasteiger partial charge in [0.1, 0.15) is 5.82 Å². The molecule has 0 saturated carbocycles. The quantitative estimate of drug-likeness (QED) is 0.745. The molecule has 0 bridgehead atoms. The number of para-hydroxylation sites is 1. The highest BCUT2D eigenvalue weighted by Gasteiger charge is 2.15. The first-order chi connectivity index (χ1) is 7.65. The molecular weight excluding hydrogens is 243 g/mol. The molecule has 0 amide bonds. The van der Waals surface area contributed by atoms with Crippen molar-refractivity contribution in [1.29, 1.82) is 0 Å². The normalized spacial score (nSPS) is 13.2. The van der Waals surface area contributed by atoms with Crippen LogP contribution in [0.25, 0.3) is 11.0 Å². The van der Waals surface area contributed by atoms with Gasteiger partial charge in [0.05, 0.1) is 21.4 Å². The molecule has 16 heavy (non-hydrogen) atoms. The molecule has 1 atom stereocenters. The summed E-state index contributed by atoms with van der Waals surface area (Å²) in [7, 11) is 0. The molecule has 0 aliphatic rings. The van der Waals surface area contributed by atoms with Crippen molar-refractivity contribution in [3.63, 3.8) is 0 Å². The Bertz CT molecular complexity index is 503. The van der Waals surface area contributed by atoms with Gasteiger partial charge in [-0.1, -0.05) is 24.6 Å². The van der Waals surface area contributed by atoms with Crippen molar-refractivity contribution >= 4 is 34.2 Å². The molecule has 1 heterocycles. The zero-order chi connectivity index (χ0) is 11.7. The lowest BCUT2D eigenvalue weighted by atomic mass is 10.3. The fraction of sp³-hybridized carbons (Fsp3) is 0.417. The highest BCUT2D eigenvalue weighted by atomic mass is 35.5. The Morgan fingerprint density at radius 1 is 1.44 bits per heavy atom. The summed E-state index contributed by atoms with van der Waals surface area (Å²) in [6, 6.07) is 5.77. The number of hydrogen-bond acceptors (Lipinski definition) is 1. The number of imidazole rings is 1. The third-order valence-corrected chi connectivity index (χ3v) is 3.05. The van der Waals surface area contributed by atoms with Crippen LogP contribution >= 0.6 is 23.2 Å². The molecule has 0 saturated heterocycles.